The lowest BCUT2D eigenvalue weighted by Crippen LogP contribution is -2.30. The Labute approximate surface area is 192 Å². The Morgan fingerprint density at radius 3 is 2.28 bits per heavy atom. The fourth-order valence-electron chi connectivity index (χ4n) is 2.83. The van der Waals surface area contributed by atoms with Crippen LogP contribution in [0.5, 0.6) is 5.75 Å². The first-order valence-electron chi connectivity index (χ1n) is 9.21. The summed E-state index contributed by atoms with van der Waals surface area (Å²) in [4.78, 5) is 11.5. The molecule has 0 fully saturated rings. The van der Waals surface area contributed by atoms with Gasteiger partial charge in [-0.15, -0.1) is 11.6 Å². The highest BCUT2D eigenvalue weighted by atomic mass is 35.5. The van der Waals surface area contributed by atoms with E-state index in [1.54, 1.807) is 0 Å². The standard InChI is InChI=1S/C21H25Cl3N2O2S/c1-21(2,15-6-4-14(5-7-15)12-25-19(27)13-26-29)16-10-17(23)20(18(24)11-16)28-9-3-8-22/h4-7,10-11,26,29H,3,8-9,12-13H2,1-2H3,(H,25,27). The summed E-state index contributed by atoms with van der Waals surface area (Å²) < 4.78 is 8.19. The second-order valence-corrected chi connectivity index (χ2v) is 8.60. The van der Waals surface area contributed by atoms with Gasteiger partial charge in [0.05, 0.1) is 23.2 Å². The zero-order valence-corrected chi connectivity index (χ0v) is 19.6. The van der Waals surface area contributed by atoms with Crippen molar-refractivity contribution in [1.82, 2.24) is 10.0 Å². The molecule has 2 aromatic carbocycles. The van der Waals surface area contributed by atoms with Crippen LogP contribution in [0.2, 0.25) is 10.0 Å². The summed E-state index contributed by atoms with van der Waals surface area (Å²) in [5.74, 6) is 0.897. The van der Waals surface area contributed by atoms with Crippen molar-refractivity contribution in [3.8, 4) is 5.75 Å². The van der Waals surface area contributed by atoms with Crippen molar-refractivity contribution in [1.29, 1.82) is 0 Å². The molecule has 0 bridgehead atoms. The first kappa shape index (κ1) is 24.2. The number of amides is 1. The van der Waals surface area contributed by atoms with E-state index in [1.165, 1.54) is 0 Å². The van der Waals surface area contributed by atoms with Gasteiger partial charge in [-0.3, -0.25) is 9.52 Å². The van der Waals surface area contributed by atoms with Crippen LogP contribution >= 0.6 is 47.6 Å². The molecule has 4 nitrogen and oxygen atoms in total. The summed E-state index contributed by atoms with van der Waals surface area (Å²) in [6, 6.07) is 11.9. The van der Waals surface area contributed by atoms with Crippen LogP contribution in [0.25, 0.3) is 0 Å². The Kier molecular flexibility index (Phi) is 9.44. The second-order valence-electron chi connectivity index (χ2n) is 7.09. The van der Waals surface area contributed by atoms with Crippen LogP contribution in [0.15, 0.2) is 36.4 Å². The number of thiol groups is 1. The molecule has 2 rings (SSSR count). The number of hydrogen-bond donors (Lipinski definition) is 3. The summed E-state index contributed by atoms with van der Waals surface area (Å²) >= 11 is 22.4. The lowest BCUT2D eigenvalue weighted by atomic mass is 9.78. The van der Waals surface area contributed by atoms with Crippen LogP contribution in [0, 0.1) is 0 Å². The number of carbonyl (C=O) groups excluding carboxylic acids is 1. The van der Waals surface area contributed by atoms with Gasteiger partial charge in [-0.1, -0.05) is 74.1 Å². The number of benzene rings is 2. The summed E-state index contributed by atoms with van der Waals surface area (Å²) in [7, 11) is 0. The number of nitrogens with one attached hydrogen (secondary N) is 2. The lowest BCUT2D eigenvalue weighted by molar-refractivity contribution is -0.120. The Hall–Kier alpha value is -1.11. The molecular weight excluding hydrogens is 451 g/mol. The molecule has 1 amide bonds. The average molecular weight is 476 g/mol. The molecule has 0 atom stereocenters. The van der Waals surface area contributed by atoms with Gasteiger partial charge in [-0.25, -0.2) is 0 Å². The van der Waals surface area contributed by atoms with E-state index in [-0.39, 0.29) is 17.9 Å². The van der Waals surface area contributed by atoms with E-state index in [0.29, 0.717) is 34.8 Å². The Bertz CT molecular complexity index is 806. The van der Waals surface area contributed by atoms with E-state index < -0.39 is 0 Å². The molecule has 0 heterocycles. The van der Waals surface area contributed by atoms with Crippen LogP contribution in [-0.2, 0) is 16.8 Å². The van der Waals surface area contributed by atoms with Crippen LogP contribution in [-0.4, -0.2) is 24.9 Å². The van der Waals surface area contributed by atoms with E-state index >= 15 is 0 Å². The van der Waals surface area contributed by atoms with Crippen molar-refractivity contribution in [3.05, 3.63) is 63.1 Å². The monoisotopic (exact) mass is 474 g/mol. The van der Waals surface area contributed by atoms with Gasteiger partial charge in [0.25, 0.3) is 0 Å². The second kappa shape index (κ2) is 11.3. The lowest BCUT2D eigenvalue weighted by Gasteiger charge is -2.27. The van der Waals surface area contributed by atoms with Crippen molar-refractivity contribution in [2.75, 3.05) is 19.0 Å². The third-order valence-electron chi connectivity index (χ3n) is 4.65. The summed E-state index contributed by atoms with van der Waals surface area (Å²) in [5, 5.41) is 3.78. The van der Waals surface area contributed by atoms with Gasteiger partial charge in [0.1, 0.15) is 0 Å². The fourth-order valence-corrected chi connectivity index (χ4v) is 3.68. The molecule has 0 aliphatic rings. The van der Waals surface area contributed by atoms with Crippen LogP contribution < -0.4 is 14.8 Å². The molecule has 0 aliphatic carbocycles. The normalized spacial score (nSPS) is 11.4. The minimum absolute atomic E-state index is 0.109. The van der Waals surface area contributed by atoms with E-state index in [4.69, 9.17) is 39.5 Å². The summed E-state index contributed by atoms with van der Waals surface area (Å²) in [6.07, 6.45) is 0.722. The van der Waals surface area contributed by atoms with Crippen molar-refractivity contribution in [2.45, 2.75) is 32.2 Å². The smallest absolute Gasteiger partial charge is 0.235 e. The number of ether oxygens (including phenoxy) is 1. The largest absolute Gasteiger partial charge is 0.490 e. The minimum atomic E-state index is -0.320. The van der Waals surface area contributed by atoms with Crippen molar-refractivity contribution in [3.63, 3.8) is 0 Å². The van der Waals surface area contributed by atoms with Gasteiger partial charge in [0.2, 0.25) is 5.91 Å². The highest BCUT2D eigenvalue weighted by Crippen LogP contribution is 2.40. The number of hydrogen-bond acceptors (Lipinski definition) is 4. The molecule has 0 aromatic heterocycles. The van der Waals surface area contributed by atoms with Crippen LogP contribution in [0.3, 0.4) is 0 Å². The highest BCUT2D eigenvalue weighted by molar-refractivity contribution is 7.78. The minimum Gasteiger partial charge on any atom is -0.490 e. The molecule has 0 saturated heterocycles. The van der Waals surface area contributed by atoms with E-state index in [1.807, 2.05) is 36.4 Å². The zero-order valence-electron chi connectivity index (χ0n) is 16.4. The van der Waals surface area contributed by atoms with Gasteiger partial charge in [-0.2, -0.15) is 0 Å². The molecule has 2 aromatic rings. The average Bonchev–Trinajstić information content (AvgIpc) is 2.69. The molecule has 29 heavy (non-hydrogen) atoms. The van der Waals surface area contributed by atoms with Crippen LogP contribution in [0.1, 0.15) is 37.0 Å². The highest BCUT2D eigenvalue weighted by Gasteiger charge is 2.25. The third-order valence-corrected chi connectivity index (χ3v) is 5.64. The number of alkyl halides is 1. The fraction of sp³-hybridized carbons (Fsp3) is 0.381. The molecular formula is C21H25Cl3N2O2S. The Morgan fingerprint density at radius 2 is 1.72 bits per heavy atom. The Balaban J connectivity index is 2.16. The molecule has 0 unspecified atom stereocenters. The molecule has 8 heteroatoms. The van der Waals surface area contributed by atoms with E-state index in [2.05, 4.69) is 36.7 Å². The summed E-state index contributed by atoms with van der Waals surface area (Å²) in [5.41, 5.74) is 2.78. The third kappa shape index (κ3) is 6.69. The molecule has 158 valence electrons. The SMILES string of the molecule is CC(C)(c1ccc(CNC(=O)CNS)cc1)c1cc(Cl)c(OCCCCl)c(Cl)c1. The maximum absolute atomic E-state index is 11.5. The molecule has 0 aliphatic heterocycles. The van der Waals surface area contributed by atoms with Gasteiger partial charge in [0, 0.05) is 17.8 Å². The predicted octanol–water partition coefficient (Wildman–Crippen LogP) is 5.38. The summed E-state index contributed by atoms with van der Waals surface area (Å²) in [6.45, 7) is 5.31. The molecule has 0 saturated carbocycles. The van der Waals surface area contributed by atoms with Crippen molar-refractivity contribution in [2.24, 2.45) is 0 Å². The maximum atomic E-state index is 11.5. The number of halogens is 3. The van der Waals surface area contributed by atoms with Crippen molar-refractivity contribution >= 4 is 53.5 Å². The van der Waals surface area contributed by atoms with E-state index in [0.717, 1.165) is 23.1 Å². The zero-order chi connectivity index (χ0) is 21.4. The van der Waals surface area contributed by atoms with Crippen LogP contribution in [0.4, 0.5) is 0 Å². The number of carbonyl (C=O) groups is 1. The van der Waals surface area contributed by atoms with E-state index in [9.17, 15) is 4.79 Å². The van der Waals surface area contributed by atoms with Gasteiger partial charge < -0.3 is 10.1 Å². The Morgan fingerprint density at radius 1 is 1.10 bits per heavy atom. The molecule has 0 spiro atoms. The molecule has 2 N–H and O–H groups in total. The van der Waals surface area contributed by atoms with Gasteiger partial charge >= 0.3 is 0 Å². The predicted molar refractivity (Wildman–Crippen MR) is 125 cm³/mol. The first-order valence-corrected chi connectivity index (χ1v) is 10.9. The molecule has 0 radical (unpaired) electrons. The maximum Gasteiger partial charge on any atom is 0.235 e. The van der Waals surface area contributed by atoms with Gasteiger partial charge in [0.15, 0.2) is 5.75 Å². The van der Waals surface area contributed by atoms with Gasteiger partial charge in [-0.05, 0) is 35.2 Å². The first-order chi connectivity index (χ1) is 13.8. The topological polar surface area (TPSA) is 50.4 Å². The quantitative estimate of drug-likeness (QED) is 0.246. The van der Waals surface area contributed by atoms with Crippen molar-refractivity contribution < 1.29 is 9.53 Å². The number of rotatable bonds is 10.